The van der Waals surface area contributed by atoms with Gasteiger partial charge in [0.1, 0.15) is 5.82 Å². The van der Waals surface area contributed by atoms with Crippen molar-refractivity contribution >= 4 is 16.9 Å². The molecule has 4 aromatic rings. The maximum atomic E-state index is 13.2. The van der Waals surface area contributed by atoms with E-state index in [1.807, 2.05) is 41.3 Å². The minimum absolute atomic E-state index is 0.00695. The van der Waals surface area contributed by atoms with Crippen LogP contribution in [-0.2, 0) is 0 Å². The van der Waals surface area contributed by atoms with Gasteiger partial charge in [-0.25, -0.2) is 4.98 Å². The molecule has 0 aliphatic carbocycles. The second-order valence-corrected chi connectivity index (χ2v) is 7.35. The molecule has 1 atom stereocenters. The molecule has 1 aliphatic heterocycles. The molecule has 0 saturated carbocycles. The number of nitrogens with zero attached hydrogens (tertiary/aromatic N) is 3. The van der Waals surface area contributed by atoms with E-state index in [0.29, 0.717) is 5.56 Å². The predicted octanol–water partition coefficient (Wildman–Crippen LogP) is 4.24. The van der Waals surface area contributed by atoms with Crippen molar-refractivity contribution in [3.05, 3.63) is 71.7 Å². The smallest absolute Gasteiger partial charge is 0.254 e. The molecule has 1 amide bonds. The molecule has 3 heterocycles. The van der Waals surface area contributed by atoms with Crippen molar-refractivity contribution in [1.82, 2.24) is 25.1 Å². The van der Waals surface area contributed by atoms with Crippen LogP contribution in [0.1, 0.15) is 40.6 Å². The molecular weight excluding hydrogens is 350 g/mol. The molecule has 2 aromatic carbocycles. The molecule has 6 heteroatoms. The number of hydrogen-bond donors (Lipinski definition) is 2. The molecule has 1 saturated heterocycles. The van der Waals surface area contributed by atoms with E-state index >= 15 is 0 Å². The van der Waals surface area contributed by atoms with Gasteiger partial charge in [-0.3, -0.25) is 9.89 Å². The Labute approximate surface area is 162 Å². The second kappa shape index (κ2) is 6.64. The Morgan fingerprint density at radius 1 is 1.14 bits per heavy atom. The Morgan fingerprint density at radius 2 is 2.00 bits per heavy atom. The summed E-state index contributed by atoms with van der Waals surface area (Å²) in [5.74, 6) is 0.927. The predicted molar refractivity (Wildman–Crippen MR) is 108 cm³/mol. The standard InChI is InChI=1S/C22H21N5O/c1-14-4-9-18-19(13-14)25-21(24-18)20-3-2-12-27(20)22(28)16-7-5-15(6-8-16)17-10-11-23-26-17/h4-11,13,20H,2-3,12H2,1H3,(H,23,26)(H,24,25)/t20-/m1/s1. The third-order valence-corrected chi connectivity index (χ3v) is 5.43. The van der Waals surface area contributed by atoms with Crippen molar-refractivity contribution in [2.45, 2.75) is 25.8 Å². The molecule has 0 unspecified atom stereocenters. The van der Waals surface area contributed by atoms with E-state index in [0.717, 1.165) is 47.5 Å². The van der Waals surface area contributed by atoms with Gasteiger partial charge in [-0.05, 0) is 61.2 Å². The van der Waals surface area contributed by atoms with Crippen LogP contribution in [0.5, 0.6) is 0 Å². The Kier molecular flexibility index (Phi) is 3.97. The molecule has 0 radical (unpaired) electrons. The van der Waals surface area contributed by atoms with Crippen molar-refractivity contribution in [3.8, 4) is 11.3 Å². The first-order chi connectivity index (χ1) is 13.7. The Hall–Kier alpha value is -3.41. The summed E-state index contributed by atoms with van der Waals surface area (Å²) in [5.41, 5.74) is 5.82. The van der Waals surface area contributed by atoms with Gasteiger partial charge in [0.2, 0.25) is 0 Å². The molecule has 2 aromatic heterocycles. The Bertz CT molecular complexity index is 1130. The van der Waals surface area contributed by atoms with Crippen LogP contribution in [0.25, 0.3) is 22.3 Å². The first-order valence-electron chi connectivity index (χ1n) is 9.56. The number of aromatic nitrogens is 4. The van der Waals surface area contributed by atoms with Crippen LogP contribution in [0.3, 0.4) is 0 Å². The van der Waals surface area contributed by atoms with Gasteiger partial charge in [0.05, 0.1) is 22.8 Å². The third kappa shape index (κ3) is 2.87. The van der Waals surface area contributed by atoms with Gasteiger partial charge >= 0.3 is 0 Å². The highest BCUT2D eigenvalue weighted by Crippen LogP contribution is 2.33. The molecule has 1 fully saturated rings. The number of likely N-dealkylation sites (tertiary alicyclic amines) is 1. The van der Waals surface area contributed by atoms with Gasteiger partial charge in [-0.2, -0.15) is 5.10 Å². The molecule has 0 spiro atoms. The van der Waals surface area contributed by atoms with Gasteiger partial charge in [0.15, 0.2) is 0 Å². The van der Waals surface area contributed by atoms with Gasteiger partial charge in [0, 0.05) is 18.3 Å². The summed E-state index contributed by atoms with van der Waals surface area (Å²) in [6, 6.07) is 15.8. The van der Waals surface area contributed by atoms with Crippen molar-refractivity contribution in [3.63, 3.8) is 0 Å². The van der Waals surface area contributed by atoms with E-state index in [1.165, 1.54) is 5.56 Å². The first kappa shape index (κ1) is 16.7. The fourth-order valence-corrected chi connectivity index (χ4v) is 3.97. The number of amides is 1. The lowest BCUT2D eigenvalue weighted by Gasteiger charge is -2.23. The van der Waals surface area contributed by atoms with E-state index in [9.17, 15) is 4.79 Å². The number of aryl methyl sites for hydroxylation is 1. The second-order valence-electron chi connectivity index (χ2n) is 7.35. The molecule has 28 heavy (non-hydrogen) atoms. The van der Waals surface area contributed by atoms with Crippen LogP contribution < -0.4 is 0 Å². The van der Waals surface area contributed by atoms with E-state index < -0.39 is 0 Å². The zero-order valence-corrected chi connectivity index (χ0v) is 15.6. The monoisotopic (exact) mass is 371 g/mol. The van der Waals surface area contributed by atoms with Gasteiger partial charge in [-0.1, -0.05) is 18.2 Å². The van der Waals surface area contributed by atoms with Crippen LogP contribution in [0.15, 0.2) is 54.7 Å². The quantitative estimate of drug-likeness (QED) is 0.565. The first-order valence-corrected chi connectivity index (χ1v) is 9.56. The largest absolute Gasteiger partial charge is 0.340 e. The minimum Gasteiger partial charge on any atom is -0.340 e. The number of hydrogen-bond acceptors (Lipinski definition) is 3. The lowest BCUT2D eigenvalue weighted by molar-refractivity contribution is 0.0730. The summed E-state index contributed by atoms with van der Waals surface area (Å²) in [7, 11) is 0. The average molecular weight is 371 g/mol. The number of carbonyl (C=O) groups excluding carboxylic acids is 1. The highest BCUT2D eigenvalue weighted by atomic mass is 16.2. The average Bonchev–Trinajstić information content (AvgIpc) is 3.46. The fraction of sp³-hybridized carbons (Fsp3) is 0.227. The lowest BCUT2D eigenvalue weighted by atomic mass is 10.1. The number of carbonyl (C=O) groups is 1. The summed E-state index contributed by atoms with van der Waals surface area (Å²) in [6.45, 7) is 2.82. The lowest BCUT2D eigenvalue weighted by Crippen LogP contribution is -2.31. The van der Waals surface area contributed by atoms with Crippen LogP contribution >= 0.6 is 0 Å². The number of benzene rings is 2. The number of H-pyrrole nitrogens is 2. The van der Waals surface area contributed by atoms with Gasteiger partial charge in [0.25, 0.3) is 5.91 Å². The fourth-order valence-electron chi connectivity index (χ4n) is 3.97. The normalized spacial score (nSPS) is 16.8. The van der Waals surface area contributed by atoms with E-state index in [2.05, 4.69) is 34.2 Å². The summed E-state index contributed by atoms with van der Waals surface area (Å²) >= 11 is 0. The molecule has 1 aliphatic rings. The maximum Gasteiger partial charge on any atom is 0.254 e. The number of imidazole rings is 1. The number of nitrogens with one attached hydrogen (secondary N) is 2. The summed E-state index contributed by atoms with van der Waals surface area (Å²) in [5, 5.41) is 6.92. The highest BCUT2D eigenvalue weighted by molar-refractivity contribution is 5.95. The minimum atomic E-state index is -0.00695. The molecular formula is C22H21N5O. The zero-order chi connectivity index (χ0) is 19.1. The maximum absolute atomic E-state index is 13.2. The molecule has 0 bridgehead atoms. The van der Waals surface area contributed by atoms with Crippen LogP contribution in [0.4, 0.5) is 0 Å². The SMILES string of the molecule is Cc1ccc2nc([C@H]3CCCN3C(=O)c3ccc(-c4ccn[nH]4)cc3)[nH]c2c1. The van der Waals surface area contributed by atoms with Crippen molar-refractivity contribution < 1.29 is 4.79 Å². The van der Waals surface area contributed by atoms with Crippen LogP contribution in [0.2, 0.25) is 0 Å². The van der Waals surface area contributed by atoms with Crippen LogP contribution in [-0.4, -0.2) is 37.5 Å². The number of fused-ring (bicyclic) bond motifs is 1. The van der Waals surface area contributed by atoms with Crippen molar-refractivity contribution in [2.75, 3.05) is 6.54 Å². The van der Waals surface area contributed by atoms with E-state index in [1.54, 1.807) is 6.20 Å². The van der Waals surface area contributed by atoms with Gasteiger partial charge < -0.3 is 9.88 Å². The summed E-state index contributed by atoms with van der Waals surface area (Å²) in [6.07, 6.45) is 3.63. The molecule has 140 valence electrons. The molecule has 5 rings (SSSR count). The number of rotatable bonds is 3. The van der Waals surface area contributed by atoms with Crippen LogP contribution in [0, 0.1) is 6.92 Å². The van der Waals surface area contributed by atoms with Crippen molar-refractivity contribution in [2.24, 2.45) is 0 Å². The molecule has 2 N–H and O–H groups in total. The zero-order valence-electron chi connectivity index (χ0n) is 15.6. The van der Waals surface area contributed by atoms with Gasteiger partial charge in [-0.15, -0.1) is 0 Å². The third-order valence-electron chi connectivity index (χ3n) is 5.43. The molecule has 6 nitrogen and oxygen atoms in total. The Balaban J connectivity index is 1.41. The summed E-state index contributed by atoms with van der Waals surface area (Å²) < 4.78 is 0. The number of aromatic amines is 2. The van der Waals surface area contributed by atoms with Crippen molar-refractivity contribution in [1.29, 1.82) is 0 Å². The summed E-state index contributed by atoms with van der Waals surface area (Å²) in [4.78, 5) is 23.3. The van der Waals surface area contributed by atoms with E-state index in [4.69, 9.17) is 4.98 Å². The topological polar surface area (TPSA) is 77.7 Å². The Morgan fingerprint density at radius 3 is 2.79 bits per heavy atom. The highest BCUT2D eigenvalue weighted by Gasteiger charge is 2.32. The van der Waals surface area contributed by atoms with E-state index in [-0.39, 0.29) is 11.9 Å².